The minimum Gasteiger partial charge on any atom is -0.381 e. The van der Waals surface area contributed by atoms with Crippen molar-refractivity contribution >= 4 is 11.7 Å². The second kappa shape index (κ2) is 5.52. The molecule has 0 spiro atoms. The van der Waals surface area contributed by atoms with E-state index in [2.05, 4.69) is 16.9 Å². The summed E-state index contributed by atoms with van der Waals surface area (Å²) in [4.78, 5) is 19.8. The third kappa shape index (κ3) is 2.84. The van der Waals surface area contributed by atoms with Gasteiger partial charge in [0, 0.05) is 19.3 Å². The van der Waals surface area contributed by atoms with Crippen molar-refractivity contribution < 1.29 is 9.18 Å². The number of aromatic nitrogens is 1. The average molecular weight is 266 g/mol. The van der Waals surface area contributed by atoms with Crippen LogP contribution in [0.2, 0.25) is 0 Å². The molecule has 0 unspecified atom stereocenters. The Labute approximate surface area is 112 Å². The summed E-state index contributed by atoms with van der Waals surface area (Å²) >= 11 is 0. The number of hydrogen-bond donors (Lipinski definition) is 1. The topological polar surface area (TPSA) is 62.5 Å². The third-order valence-electron chi connectivity index (χ3n) is 3.70. The fourth-order valence-corrected chi connectivity index (χ4v) is 2.36. The molecule has 19 heavy (non-hydrogen) atoms. The number of likely N-dealkylation sites (tertiary alicyclic amines) is 1. The minimum absolute atomic E-state index is 0.00562. The van der Waals surface area contributed by atoms with Crippen molar-refractivity contribution in [2.75, 3.05) is 32.9 Å². The number of amides is 1. The van der Waals surface area contributed by atoms with Gasteiger partial charge in [-0.25, -0.2) is 9.37 Å². The van der Waals surface area contributed by atoms with Gasteiger partial charge in [0.1, 0.15) is 0 Å². The summed E-state index contributed by atoms with van der Waals surface area (Å²) in [6, 6.07) is 1.52. The van der Waals surface area contributed by atoms with Crippen LogP contribution >= 0.6 is 0 Å². The molecule has 1 aromatic rings. The smallest absolute Gasteiger partial charge is 0.257 e. The van der Waals surface area contributed by atoms with Crippen LogP contribution in [0.1, 0.15) is 23.2 Å². The molecule has 0 aliphatic carbocycles. The summed E-state index contributed by atoms with van der Waals surface area (Å²) in [6.45, 7) is 1.90. The Bertz CT molecular complexity index is 472. The quantitative estimate of drug-likeness (QED) is 0.866. The van der Waals surface area contributed by atoms with E-state index in [1.807, 2.05) is 0 Å². The number of piperidine rings is 1. The molecule has 1 fully saturated rings. The van der Waals surface area contributed by atoms with Gasteiger partial charge in [-0.1, -0.05) is 0 Å². The van der Waals surface area contributed by atoms with E-state index in [4.69, 9.17) is 5.73 Å². The lowest BCUT2D eigenvalue weighted by molar-refractivity contribution is 0.0655. The van der Waals surface area contributed by atoms with Crippen molar-refractivity contribution in [2.45, 2.75) is 18.9 Å². The van der Waals surface area contributed by atoms with Gasteiger partial charge in [-0.3, -0.25) is 4.79 Å². The zero-order valence-electron chi connectivity index (χ0n) is 11.3. The molecule has 0 aromatic carbocycles. The van der Waals surface area contributed by atoms with Crippen molar-refractivity contribution in [3.8, 4) is 0 Å². The Kier molecular flexibility index (Phi) is 3.99. The van der Waals surface area contributed by atoms with Crippen LogP contribution in [0.5, 0.6) is 0 Å². The summed E-state index contributed by atoms with van der Waals surface area (Å²) in [7, 11) is 3.77. The molecule has 1 amide bonds. The lowest BCUT2D eigenvalue weighted by atomic mass is 10.0. The number of nitrogen functional groups attached to an aromatic ring is 1. The maximum Gasteiger partial charge on any atom is 0.257 e. The first-order valence-corrected chi connectivity index (χ1v) is 6.36. The van der Waals surface area contributed by atoms with Crippen LogP contribution in [-0.2, 0) is 0 Å². The lowest BCUT2D eigenvalue weighted by Crippen LogP contribution is -2.44. The first kappa shape index (κ1) is 13.7. The highest BCUT2D eigenvalue weighted by molar-refractivity contribution is 5.95. The molecule has 2 rings (SSSR count). The largest absolute Gasteiger partial charge is 0.381 e. The molecule has 0 radical (unpaired) electrons. The first-order valence-electron chi connectivity index (χ1n) is 6.36. The Morgan fingerprint density at radius 1 is 1.53 bits per heavy atom. The molecule has 1 saturated heterocycles. The van der Waals surface area contributed by atoms with Crippen LogP contribution in [-0.4, -0.2) is 53.9 Å². The highest BCUT2D eigenvalue weighted by Gasteiger charge is 2.26. The molecule has 6 heteroatoms. The third-order valence-corrected chi connectivity index (χ3v) is 3.70. The molecule has 1 aliphatic heterocycles. The Morgan fingerprint density at radius 3 is 2.79 bits per heavy atom. The number of anilines is 1. The van der Waals surface area contributed by atoms with Gasteiger partial charge in [-0.05, 0) is 39.0 Å². The van der Waals surface area contributed by atoms with Crippen molar-refractivity contribution in [2.24, 2.45) is 0 Å². The van der Waals surface area contributed by atoms with Crippen LogP contribution in [0.15, 0.2) is 12.3 Å². The van der Waals surface area contributed by atoms with Crippen LogP contribution in [0, 0.1) is 5.82 Å². The second-order valence-electron chi connectivity index (χ2n) is 5.01. The summed E-state index contributed by atoms with van der Waals surface area (Å²) < 4.78 is 13.8. The summed E-state index contributed by atoms with van der Waals surface area (Å²) in [5.74, 6) is -1.30. The van der Waals surface area contributed by atoms with Crippen molar-refractivity contribution in [3.05, 3.63) is 23.6 Å². The number of rotatable bonds is 2. The Balaban J connectivity index is 2.13. The SMILES string of the molecule is CN1CCC(N(C)C(=O)c2ccnc(N)c2F)CC1. The second-order valence-corrected chi connectivity index (χ2v) is 5.01. The predicted molar refractivity (Wildman–Crippen MR) is 71.2 cm³/mol. The molecule has 0 atom stereocenters. The average Bonchev–Trinajstić information content (AvgIpc) is 2.41. The fraction of sp³-hybridized carbons (Fsp3) is 0.538. The van der Waals surface area contributed by atoms with E-state index in [0.717, 1.165) is 25.9 Å². The van der Waals surface area contributed by atoms with E-state index in [9.17, 15) is 9.18 Å². The van der Waals surface area contributed by atoms with Crippen LogP contribution < -0.4 is 5.73 Å². The standard InChI is InChI=1S/C13H19FN4O/c1-17-7-4-9(5-8-17)18(2)13(19)10-3-6-16-12(15)11(10)14/h3,6,9H,4-5,7-8H2,1-2H3,(H2,15,16). The van der Waals surface area contributed by atoms with Gasteiger partial charge in [0.05, 0.1) is 5.56 Å². The lowest BCUT2D eigenvalue weighted by Gasteiger charge is -2.35. The number of nitrogens with zero attached hydrogens (tertiary/aromatic N) is 3. The minimum atomic E-state index is -0.729. The number of pyridine rings is 1. The zero-order chi connectivity index (χ0) is 14.0. The number of hydrogen-bond acceptors (Lipinski definition) is 4. The number of carbonyl (C=O) groups excluding carboxylic acids is 1. The highest BCUT2D eigenvalue weighted by Crippen LogP contribution is 2.19. The highest BCUT2D eigenvalue weighted by atomic mass is 19.1. The van der Waals surface area contributed by atoms with E-state index in [1.165, 1.54) is 12.3 Å². The molecule has 104 valence electrons. The van der Waals surface area contributed by atoms with E-state index in [0.29, 0.717) is 0 Å². The van der Waals surface area contributed by atoms with E-state index >= 15 is 0 Å². The molecule has 5 nitrogen and oxygen atoms in total. The summed E-state index contributed by atoms with van der Waals surface area (Å²) in [5.41, 5.74) is 5.39. The van der Waals surface area contributed by atoms with Gasteiger partial charge in [-0.15, -0.1) is 0 Å². The maximum absolute atomic E-state index is 13.8. The van der Waals surface area contributed by atoms with Crippen LogP contribution in [0.4, 0.5) is 10.2 Å². The van der Waals surface area contributed by atoms with Gasteiger partial charge in [-0.2, -0.15) is 0 Å². The van der Waals surface area contributed by atoms with Crippen LogP contribution in [0.3, 0.4) is 0 Å². The van der Waals surface area contributed by atoms with Gasteiger partial charge in [0.25, 0.3) is 5.91 Å². The van der Waals surface area contributed by atoms with Gasteiger partial charge in [0.2, 0.25) is 0 Å². The fourth-order valence-electron chi connectivity index (χ4n) is 2.36. The summed E-state index contributed by atoms with van der Waals surface area (Å²) in [5, 5.41) is 0. The molecule has 0 saturated carbocycles. The number of carbonyl (C=O) groups is 1. The van der Waals surface area contributed by atoms with Gasteiger partial charge >= 0.3 is 0 Å². The van der Waals surface area contributed by atoms with Crippen molar-refractivity contribution in [1.82, 2.24) is 14.8 Å². The molecule has 2 heterocycles. The molecular weight excluding hydrogens is 247 g/mol. The van der Waals surface area contributed by atoms with Crippen LogP contribution in [0.25, 0.3) is 0 Å². The Hall–Kier alpha value is -1.69. The monoisotopic (exact) mass is 266 g/mol. The van der Waals surface area contributed by atoms with E-state index in [1.54, 1.807) is 11.9 Å². The normalized spacial score (nSPS) is 17.4. The maximum atomic E-state index is 13.8. The Morgan fingerprint density at radius 2 is 2.16 bits per heavy atom. The van der Waals surface area contributed by atoms with E-state index in [-0.39, 0.29) is 23.3 Å². The number of nitrogens with two attached hydrogens (primary N) is 1. The van der Waals surface area contributed by atoms with Gasteiger partial charge < -0.3 is 15.5 Å². The predicted octanol–water partition coefficient (Wildman–Crippen LogP) is 0.969. The van der Waals surface area contributed by atoms with Crippen molar-refractivity contribution in [1.29, 1.82) is 0 Å². The summed E-state index contributed by atoms with van der Waals surface area (Å²) in [6.07, 6.45) is 3.16. The first-order chi connectivity index (χ1) is 9.00. The molecule has 1 aromatic heterocycles. The van der Waals surface area contributed by atoms with Crippen molar-refractivity contribution in [3.63, 3.8) is 0 Å². The molecule has 2 N–H and O–H groups in total. The molecule has 1 aliphatic rings. The number of halogens is 1. The zero-order valence-corrected chi connectivity index (χ0v) is 11.3. The molecular formula is C13H19FN4O. The van der Waals surface area contributed by atoms with E-state index < -0.39 is 5.82 Å². The molecule has 0 bridgehead atoms. The van der Waals surface area contributed by atoms with Gasteiger partial charge in [0.15, 0.2) is 11.6 Å².